The van der Waals surface area contributed by atoms with Gasteiger partial charge in [0.1, 0.15) is 0 Å². The van der Waals surface area contributed by atoms with Crippen molar-refractivity contribution in [1.29, 1.82) is 0 Å². The molecule has 0 fully saturated rings. The van der Waals surface area contributed by atoms with Gasteiger partial charge >= 0.3 is 0 Å². The lowest BCUT2D eigenvalue weighted by Gasteiger charge is -2.20. The summed E-state index contributed by atoms with van der Waals surface area (Å²) in [5.74, 6) is -0.0941. The van der Waals surface area contributed by atoms with Crippen LogP contribution in [0.25, 0.3) is 0 Å². The molecule has 1 N–H and O–H groups in total. The summed E-state index contributed by atoms with van der Waals surface area (Å²) in [7, 11) is 0. The van der Waals surface area contributed by atoms with Crippen LogP contribution < -0.4 is 0 Å². The number of aryl methyl sites for hydroxylation is 1. The third kappa shape index (κ3) is 3.98. The fourth-order valence-electron chi connectivity index (χ4n) is 1.59. The molecule has 1 rings (SSSR count). The highest BCUT2D eigenvalue weighted by atomic mass is 79.9. The SMILES string of the molecule is C=CCN(CCO)C(=O)c1cc(C)cc(Br)c1. The van der Waals surface area contributed by atoms with E-state index in [4.69, 9.17) is 5.11 Å². The molecule has 1 aromatic rings. The Labute approximate surface area is 110 Å². The maximum absolute atomic E-state index is 12.2. The van der Waals surface area contributed by atoms with E-state index in [1.54, 1.807) is 17.0 Å². The fourth-order valence-corrected chi connectivity index (χ4v) is 2.20. The van der Waals surface area contributed by atoms with E-state index in [1.165, 1.54) is 0 Å². The first-order valence-corrected chi connectivity index (χ1v) is 6.16. The van der Waals surface area contributed by atoms with E-state index in [2.05, 4.69) is 22.5 Å². The van der Waals surface area contributed by atoms with Gasteiger partial charge in [-0.1, -0.05) is 22.0 Å². The summed E-state index contributed by atoms with van der Waals surface area (Å²) in [6, 6.07) is 5.56. The minimum absolute atomic E-state index is 0.0490. The Hall–Kier alpha value is -1.13. The van der Waals surface area contributed by atoms with Crippen molar-refractivity contribution in [2.24, 2.45) is 0 Å². The molecule has 0 aromatic heterocycles. The van der Waals surface area contributed by atoms with Gasteiger partial charge in [-0.3, -0.25) is 4.79 Å². The highest BCUT2D eigenvalue weighted by Crippen LogP contribution is 2.16. The molecule has 0 saturated heterocycles. The summed E-state index contributed by atoms with van der Waals surface area (Å²) >= 11 is 3.37. The van der Waals surface area contributed by atoms with Crippen LogP contribution in [-0.2, 0) is 0 Å². The van der Waals surface area contributed by atoms with Crippen molar-refractivity contribution < 1.29 is 9.90 Å². The molecular weight excluding hydrogens is 282 g/mol. The molecular formula is C13H16BrNO2. The molecule has 0 aliphatic carbocycles. The van der Waals surface area contributed by atoms with Gasteiger partial charge in [0, 0.05) is 23.1 Å². The molecule has 0 atom stereocenters. The molecule has 0 aliphatic rings. The molecule has 0 bridgehead atoms. The van der Waals surface area contributed by atoms with Crippen LogP contribution in [0.15, 0.2) is 35.3 Å². The first-order chi connectivity index (χ1) is 8.08. The lowest BCUT2D eigenvalue weighted by Crippen LogP contribution is -2.33. The standard InChI is InChI=1S/C13H16BrNO2/c1-3-4-15(5-6-16)13(17)11-7-10(2)8-12(14)9-11/h3,7-9,16H,1,4-6H2,2H3. The number of aliphatic hydroxyl groups excluding tert-OH is 1. The molecule has 3 nitrogen and oxygen atoms in total. The van der Waals surface area contributed by atoms with Crippen molar-refractivity contribution in [2.75, 3.05) is 19.7 Å². The predicted molar refractivity (Wildman–Crippen MR) is 72.1 cm³/mol. The number of rotatable bonds is 5. The molecule has 0 unspecified atom stereocenters. The van der Waals surface area contributed by atoms with E-state index in [9.17, 15) is 4.79 Å². The second-order valence-electron chi connectivity index (χ2n) is 3.78. The highest BCUT2D eigenvalue weighted by molar-refractivity contribution is 9.10. The largest absolute Gasteiger partial charge is 0.395 e. The van der Waals surface area contributed by atoms with Crippen molar-refractivity contribution in [3.8, 4) is 0 Å². The Morgan fingerprint density at radius 2 is 2.24 bits per heavy atom. The molecule has 4 heteroatoms. The van der Waals surface area contributed by atoms with Crippen LogP contribution in [0.2, 0.25) is 0 Å². The number of halogens is 1. The molecule has 0 spiro atoms. The van der Waals surface area contributed by atoms with Crippen LogP contribution in [0, 0.1) is 6.92 Å². The first-order valence-electron chi connectivity index (χ1n) is 5.36. The Morgan fingerprint density at radius 1 is 1.53 bits per heavy atom. The van der Waals surface area contributed by atoms with Crippen molar-refractivity contribution in [3.63, 3.8) is 0 Å². The smallest absolute Gasteiger partial charge is 0.254 e. The molecule has 1 aromatic carbocycles. The summed E-state index contributed by atoms with van der Waals surface area (Å²) in [6.45, 7) is 6.25. The molecule has 0 heterocycles. The number of nitrogens with zero attached hydrogens (tertiary/aromatic N) is 1. The average molecular weight is 298 g/mol. The van der Waals surface area contributed by atoms with Gasteiger partial charge in [-0.2, -0.15) is 0 Å². The monoisotopic (exact) mass is 297 g/mol. The third-order valence-corrected chi connectivity index (χ3v) is 2.75. The van der Waals surface area contributed by atoms with Gasteiger partial charge < -0.3 is 10.0 Å². The van der Waals surface area contributed by atoms with E-state index in [0.717, 1.165) is 10.0 Å². The number of aliphatic hydroxyl groups is 1. The average Bonchev–Trinajstić information content (AvgIpc) is 2.26. The molecule has 92 valence electrons. The van der Waals surface area contributed by atoms with Gasteiger partial charge in [-0.25, -0.2) is 0 Å². The van der Waals surface area contributed by atoms with Gasteiger partial charge in [0.05, 0.1) is 6.61 Å². The van der Waals surface area contributed by atoms with Gasteiger partial charge in [-0.15, -0.1) is 6.58 Å². The maximum atomic E-state index is 12.2. The van der Waals surface area contributed by atoms with Crippen LogP contribution in [0.3, 0.4) is 0 Å². The Kier molecular flexibility index (Phi) is 5.38. The minimum Gasteiger partial charge on any atom is -0.395 e. The number of benzene rings is 1. The summed E-state index contributed by atoms with van der Waals surface area (Å²) in [6.07, 6.45) is 1.65. The van der Waals surface area contributed by atoms with E-state index in [0.29, 0.717) is 18.7 Å². The Bertz CT molecular complexity index is 398. The van der Waals surface area contributed by atoms with Crippen molar-refractivity contribution in [3.05, 3.63) is 46.5 Å². The van der Waals surface area contributed by atoms with Crippen LogP contribution in [0.4, 0.5) is 0 Å². The van der Waals surface area contributed by atoms with Crippen LogP contribution >= 0.6 is 15.9 Å². The molecule has 0 radical (unpaired) electrons. The summed E-state index contributed by atoms with van der Waals surface area (Å²) in [4.78, 5) is 13.7. The molecule has 1 amide bonds. The summed E-state index contributed by atoms with van der Waals surface area (Å²) < 4.78 is 0.878. The second kappa shape index (κ2) is 6.57. The Morgan fingerprint density at radius 3 is 2.76 bits per heavy atom. The maximum Gasteiger partial charge on any atom is 0.254 e. The van der Waals surface area contributed by atoms with Crippen molar-refractivity contribution in [1.82, 2.24) is 4.90 Å². The van der Waals surface area contributed by atoms with E-state index >= 15 is 0 Å². The predicted octanol–water partition coefficient (Wildman–Crippen LogP) is 2.38. The van der Waals surface area contributed by atoms with Gasteiger partial charge in [-0.05, 0) is 30.7 Å². The lowest BCUT2D eigenvalue weighted by atomic mass is 10.1. The van der Waals surface area contributed by atoms with E-state index in [1.807, 2.05) is 19.1 Å². The normalized spacial score (nSPS) is 10.1. The number of carbonyl (C=O) groups excluding carboxylic acids is 1. The molecule has 17 heavy (non-hydrogen) atoms. The molecule has 0 saturated carbocycles. The minimum atomic E-state index is -0.0941. The zero-order chi connectivity index (χ0) is 12.8. The van der Waals surface area contributed by atoms with Crippen LogP contribution in [0.1, 0.15) is 15.9 Å². The second-order valence-corrected chi connectivity index (χ2v) is 4.70. The van der Waals surface area contributed by atoms with Crippen LogP contribution in [0.5, 0.6) is 0 Å². The quantitative estimate of drug-likeness (QED) is 0.848. The summed E-state index contributed by atoms with van der Waals surface area (Å²) in [5, 5.41) is 8.93. The highest BCUT2D eigenvalue weighted by Gasteiger charge is 2.14. The van der Waals surface area contributed by atoms with Crippen LogP contribution in [-0.4, -0.2) is 35.6 Å². The zero-order valence-electron chi connectivity index (χ0n) is 9.82. The van der Waals surface area contributed by atoms with Crippen molar-refractivity contribution in [2.45, 2.75) is 6.92 Å². The van der Waals surface area contributed by atoms with Gasteiger partial charge in [0.2, 0.25) is 0 Å². The summed E-state index contributed by atoms with van der Waals surface area (Å²) in [5.41, 5.74) is 1.64. The van der Waals surface area contributed by atoms with Crippen molar-refractivity contribution >= 4 is 21.8 Å². The number of hydrogen-bond donors (Lipinski definition) is 1. The zero-order valence-corrected chi connectivity index (χ0v) is 11.4. The lowest BCUT2D eigenvalue weighted by molar-refractivity contribution is 0.0742. The third-order valence-electron chi connectivity index (χ3n) is 2.30. The van der Waals surface area contributed by atoms with E-state index in [-0.39, 0.29) is 12.5 Å². The fraction of sp³-hybridized carbons (Fsp3) is 0.308. The number of carbonyl (C=O) groups is 1. The van der Waals surface area contributed by atoms with E-state index < -0.39 is 0 Å². The number of amides is 1. The van der Waals surface area contributed by atoms with Gasteiger partial charge in [0.15, 0.2) is 0 Å². The topological polar surface area (TPSA) is 40.5 Å². The first kappa shape index (κ1) is 13.9. The number of hydrogen-bond acceptors (Lipinski definition) is 2. The van der Waals surface area contributed by atoms with Gasteiger partial charge in [0.25, 0.3) is 5.91 Å². The molecule has 0 aliphatic heterocycles. The Balaban J connectivity index is 2.95.